The fourth-order valence-electron chi connectivity index (χ4n) is 4.16. The van der Waals surface area contributed by atoms with E-state index in [4.69, 9.17) is 5.11 Å². The van der Waals surface area contributed by atoms with Crippen LogP contribution in [0.2, 0.25) is 0 Å². The van der Waals surface area contributed by atoms with Gasteiger partial charge in [0, 0.05) is 5.92 Å². The quantitative estimate of drug-likeness (QED) is 0.366. The maximum Gasteiger partial charge on any atom is 0.426 e. The molecule has 2 rings (SSSR count). The number of hydrogen-bond acceptors (Lipinski definition) is 2. The van der Waals surface area contributed by atoms with Crippen molar-refractivity contribution in [3.63, 3.8) is 0 Å². The van der Waals surface area contributed by atoms with Crippen molar-refractivity contribution >= 4 is 0 Å². The van der Waals surface area contributed by atoms with Gasteiger partial charge in [-0.1, -0.05) is 19.1 Å². The molecule has 0 amide bonds. The van der Waals surface area contributed by atoms with E-state index in [-0.39, 0.29) is 18.8 Å². The van der Waals surface area contributed by atoms with E-state index in [1.807, 2.05) is 0 Å². The zero-order chi connectivity index (χ0) is 24.3. The second-order valence-electron chi connectivity index (χ2n) is 8.13. The van der Waals surface area contributed by atoms with Crippen LogP contribution in [-0.4, -0.2) is 47.1 Å². The van der Waals surface area contributed by atoms with Crippen LogP contribution < -0.4 is 0 Å². The molecule has 182 valence electrons. The Morgan fingerprint density at radius 2 is 1.26 bits per heavy atom. The molecule has 14 heteroatoms. The van der Waals surface area contributed by atoms with Crippen molar-refractivity contribution in [1.29, 1.82) is 0 Å². The number of hydrogen-bond donors (Lipinski definition) is 1. The van der Waals surface area contributed by atoms with E-state index in [0.717, 1.165) is 0 Å². The van der Waals surface area contributed by atoms with Crippen LogP contribution in [0.5, 0.6) is 0 Å². The molecule has 4 atom stereocenters. The molecule has 0 aromatic heterocycles. The van der Waals surface area contributed by atoms with E-state index in [9.17, 15) is 52.7 Å². The first-order valence-electron chi connectivity index (χ1n) is 9.00. The summed E-state index contributed by atoms with van der Waals surface area (Å²) >= 11 is 0. The van der Waals surface area contributed by atoms with Crippen molar-refractivity contribution in [2.24, 2.45) is 17.8 Å². The Morgan fingerprint density at radius 1 is 0.774 bits per heavy atom. The maximum atomic E-state index is 13.7. The van der Waals surface area contributed by atoms with Gasteiger partial charge in [-0.25, -0.2) is 0 Å². The minimum Gasteiger partial charge on any atom is -0.374 e. The van der Waals surface area contributed by atoms with Gasteiger partial charge in [-0.05, 0) is 37.5 Å². The summed E-state index contributed by atoms with van der Waals surface area (Å²) in [6, 6.07) is 0. The van der Waals surface area contributed by atoms with Crippen molar-refractivity contribution in [2.45, 2.75) is 74.6 Å². The topological polar surface area (TPSA) is 29.5 Å². The minimum atomic E-state index is -6.38. The molecule has 0 heterocycles. The number of fused-ring (bicyclic) bond motifs is 2. The summed E-state index contributed by atoms with van der Waals surface area (Å²) in [7, 11) is 0. The Labute approximate surface area is 168 Å². The lowest BCUT2D eigenvalue weighted by molar-refractivity contribution is -0.399. The lowest BCUT2D eigenvalue weighted by atomic mass is 9.81. The SMILES string of the molecule is CC(CC(O)(C(F)(F)F)C(F)(F)F)CC(OC1CC2C=CC1C2)(C(F)(F)F)C(F)(F)F. The van der Waals surface area contributed by atoms with Gasteiger partial charge in [0.15, 0.2) is 0 Å². The number of rotatable bonds is 6. The fourth-order valence-corrected chi connectivity index (χ4v) is 4.16. The molecule has 0 saturated heterocycles. The summed E-state index contributed by atoms with van der Waals surface area (Å²) in [6.07, 6.45) is -28.5. The summed E-state index contributed by atoms with van der Waals surface area (Å²) in [5, 5.41) is 9.16. The minimum absolute atomic E-state index is 0.196. The third-order valence-corrected chi connectivity index (χ3v) is 5.70. The Hall–Kier alpha value is -1.18. The van der Waals surface area contributed by atoms with Crippen molar-refractivity contribution in [3.05, 3.63) is 12.2 Å². The number of allylic oxidation sites excluding steroid dienone is 1. The predicted molar refractivity (Wildman–Crippen MR) is 80.5 cm³/mol. The van der Waals surface area contributed by atoms with Crippen LogP contribution in [0.3, 0.4) is 0 Å². The molecule has 1 fully saturated rings. The Kier molecular flexibility index (Phi) is 6.48. The summed E-state index contributed by atoms with van der Waals surface area (Å²) in [4.78, 5) is 0. The van der Waals surface area contributed by atoms with Gasteiger partial charge in [0.25, 0.3) is 11.2 Å². The molecular weight excluding hydrogens is 464 g/mol. The molecule has 0 radical (unpaired) electrons. The molecular formula is C17H18F12O2. The first-order chi connectivity index (χ1) is 13.6. The molecule has 4 unspecified atom stereocenters. The average molecular weight is 482 g/mol. The highest BCUT2D eigenvalue weighted by Gasteiger charge is 2.75. The van der Waals surface area contributed by atoms with E-state index in [1.165, 1.54) is 6.08 Å². The molecule has 1 saturated carbocycles. The molecule has 0 aromatic carbocycles. The zero-order valence-electron chi connectivity index (χ0n) is 15.7. The molecule has 2 nitrogen and oxygen atoms in total. The van der Waals surface area contributed by atoms with Crippen LogP contribution in [0, 0.1) is 17.8 Å². The number of ether oxygens (including phenoxy) is 1. The standard InChI is InChI=1S/C17H18F12O2/c1-8(6-12(30,14(18,19)20)15(21,22)23)7-13(16(24,25)26,17(27,28)29)31-11-5-9-2-3-10(11)4-9/h2-3,8-11,30H,4-7H2,1H3. The van der Waals surface area contributed by atoms with Crippen LogP contribution in [0.1, 0.15) is 32.6 Å². The lowest BCUT2D eigenvalue weighted by Crippen LogP contribution is -2.62. The van der Waals surface area contributed by atoms with Gasteiger partial charge < -0.3 is 9.84 Å². The summed E-state index contributed by atoms with van der Waals surface area (Å²) < 4.78 is 163. The fraction of sp³-hybridized carbons (Fsp3) is 0.882. The van der Waals surface area contributed by atoms with Gasteiger partial charge in [0.2, 0.25) is 0 Å². The van der Waals surface area contributed by atoms with Crippen molar-refractivity contribution in [2.75, 3.05) is 0 Å². The van der Waals surface area contributed by atoms with E-state index in [0.29, 0.717) is 6.92 Å². The number of halogens is 12. The highest BCUT2D eigenvalue weighted by Crippen LogP contribution is 2.55. The van der Waals surface area contributed by atoms with E-state index in [1.54, 1.807) is 6.08 Å². The van der Waals surface area contributed by atoms with Gasteiger partial charge in [-0.3, -0.25) is 0 Å². The highest BCUT2D eigenvalue weighted by atomic mass is 19.4. The van der Waals surface area contributed by atoms with Crippen LogP contribution in [0.4, 0.5) is 52.7 Å². The third-order valence-electron chi connectivity index (χ3n) is 5.70. The molecule has 0 spiro atoms. The summed E-state index contributed by atoms with van der Waals surface area (Å²) in [6.45, 7) is 0.332. The zero-order valence-corrected chi connectivity index (χ0v) is 15.7. The first-order valence-corrected chi connectivity index (χ1v) is 9.00. The lowest BCUT2D eigenvalue weighted by Gasteiger charge is -2.42. The normalized spacial score (nSPS) is 26.6. The van der Waals surface area contributed by atoms with E-state index >= 15 is 0 Å². The predicted octanol–water partition coefficient (Wildman–Crippen LogP) is 6.10. The maximum absolute atomic E-state index is 13.7. The monoisotopic (exact) mass is 482 g/mol. The van der Waals surface area contributed by atoms with Crippen LogP contribution in [0.15, 0.2) is 12.2 Å². The second-order valence-corrected chi connectivity index (χ2v) is 8.13. The summed E-state index contributed by atoms with van der Waals surface area (Å²) in [5.74, 6) is -3.65. The average Bonchev–Trinajstić information content (AvgIpc) is 3.12. The molecule has 31 heavy (non-hydrogen) atoms. The number of alkyl halides is 12. The third kappa shape index (κ3) is 4.64. The van der Waals surface area contributed by atoms with Crippen molar-refractivity contribution < 1.29 is 62.5 Å². The number of aliphatic hydroxyl groups is 1. The van der Waals surface area contributed by atoms with Gasteiger partial charge in [0.1, 0.15) is 0 Å². The Morgan fingerprint density at radius 3 is 1.58 bits per heavy atom. The molecule has 2 aliphatic carbocycles. The van der Waals surface area contributed by atoms with Crippen LogP contribution >= 0.6 is 0 Å². The smallest absolute Gasteiger partial charge is 0.374 e. The Bertz CT molecular complexity index is 645. The summed E-state index contributed by atoms with van der Waals surface area (Å²) in [5.41, 5.74) is -10.5. The molecule has 1 N–H and O–H groups in total. The van der Waals surface area contributed by atoms with Gasteiger partial charge in [-0.15, -0.1) is 0 Å². The largest absolute Gasteiger partial charge is 0.426 e. The van der Waals surface area contributed by atoms with E-state index < -0.39 is 66.7 Å². The van der Waals surface area contributed by atoms with Gasteiger partial charge in [0.05, 0.1) is 6.10 Å². The van der Waals surface area contributed by atoms with Crippen molar-refractivity contribution in [3.8, 4) is 0 Å². The molecule has 2 aliphatic rings. The van der Waals surface area contributed by atoms with Crippen LogP contribution in [-0.2, 0) is 4.74 Å². The molecule has 2 bridgehead atoms. The highest BCUT2D eigenvalue weighted by molar-refractivity contribution is 5.12. The van der Waals surface area contributed by atoms with Gasteiger partial charge in [-0.2, -0.15) is 52.7 Å². The molecule has 0 aromatic rings. The van der Waals surface area contributed by atoms with Crippen LogP contribution in [0.25, 0.3) is 0 Å². The van der Waals surface area contributed by atoms with E-state index in [2.05, 4.69) is 4.74 Å². The first kappa shape index (κ1) is 26.1. The van der Waals surface area contributed by atoms with Crippen molar-refractivity contribution in [1.82, 2.24) is 0 Å². The Balaban J connectivity index is 2.39. The van der Waals surface area contributed by atoms with Gasteiger partial charge >= 0.3 is 24.7 Å². The second kappa shape index (κ2) is 7.70. The molecule has 0 aliphatic heterocycles.